The van der Waals surface area contributed by atoms with Gasteiger partial charge in [-0.2, -0.15) is 0 Å². The molecule has 2 aromatic heterocycles. The van der Waals surface area contributed by atoms with Crippen molar-refractivity contribution >= 4 is 17.2 Å². The average Bonchev–Trinajstić information content (AvgIpc) is 3.22. The molecule has 2 N–H and O–H groups in total. The van der Waals surface area contributed by atoms with Gasteiger partial charge in [-0.15, -0.1) is 16.4 Å². The minimum Gasteiger partial charge on any atom is -0.288 e. The zero-order valence-corrected chi connectivity index (χ0v) is 12.5. The van der Waals surface area contributed by atoms with E-state index < -0.39 is 5.91 Å². The van der Waals surface area contributed by atoms with Gasteiger partial charge in [0.15, 0.2) is 0 Å². The van der Waals surface area contributed by atoms with Crippen LogP contribution < -0.4 is 5.48 Å². The number of nitrogens with one attached hydrogen (secondary N) is 1. The Balaban J connectivity index is 1.68. The second-order valence-corrected chi connectivity index (χ2v) is 5.79. The summed E-state index contributed by atoms with van der Waals surface area (Å²) in [5.41, 5.74) is 3.59. The maximum absolute atomic E-state index is 11.3. The van der Waals surface area contributed by atoms with Crippen LogP contribution in [0.15, 0.2) is 48.7 Å². The second-order valence-electron chi connectivity index (χ2n) is 4.71. The van der Waals surface area contributed by atoms with E-state index >= 15 is 0 Å². The number of carbonyl (C=O) groups excluding carboxylic acids is 1. The summed E-state index contributed by atoms with van der Waals surface area (Å²) in [6.45, 7) is 0.742. The predicted octanol–water partition coefficient (Wildman–Crippen LogP) is 2.37. The van der Waals surface area contributed by atoms with Crippen LogP contribution in [-0.2, 0) is 13.0 Å². The quantitative estimate of drug-likeness (QED) is 0.560. The molecular weight excluding hydrogens is 300 g/mol. The first-order valence-corrected chi connectivity index (χ1v) is 7.56. The van der Waals surface area contributed by atoms with Gasteiger partial charge in [0.25, 0.3) is 5.91 Å². The van der Waals surface area contributed by atoms with Crippen molar-refractivity contribution < 1.29 is 10.0 Å². The summed E-state index contributed by atoms with van der Waals surface area (Å²) in [4.78, 5) is 12.6. The molecule has 7 heteroatoms. The van der Waals surface area contributed by atoms with Gasteiger partial charge in [0, 0.05) is 6.54 Å². The fourth-order valence-corrected chi connectivity index (χ4v) is 2.91. The lowest BCUT2D eigenvalue weighted by Gasteiger charge is -2.00. The molecular formula is C15H14N4O2S. The number of hydrogen-bond donors (Lipinski definition) is 2. The van der Waals surface area contributed by atoms with Crippen molar-refractivity contribution in [3.63, 3.8) is 0 Å². The highest BCUT2D eigenvalue weighted by Crippen LogP contribution is 2.26. The minimum absolute atomic E-state index is 0.427. The number of carbonyl (C=O) groups is 1. The van der Waals surface area contributed by atoms with E-state index in [9.17, 15) is 4.79 Å². The highest BCUT2D eigenvalue weighted by atomic mass is 32.1. The molecule has 0 radical (unpaired) electrons. The molecule has 0 aliphatic carbocycles. The topological polar surface area (TPSA) is 80.0 Å². The molecule has 22 heavy (non-hydrogen) atoms. The zero-order chi connectivity index (χ0) is 15.4. The van der Waals surface area contributed by atoms with E-state index in [1.165, 1.54) is 16.9 Å². The fraction of sp³-hybridized carbons (Fsp3) is 0.133. The van der Waals surface area contributed by atoms with Crippen LogP contribution in [0.5, 0.6) is 0 Å². The molecule has 6 nitrogen and oxygen atoms in total. The highest BCUT2D eigenvalue weighted by Gasteiger charge is 2.11. The van der Waals surface area contributed by atoms with Crippen LogP contribution in [0.1, 0.15) is 15.2 Å². The van der Waals surface area contributed by atoms with Crippen molar-refractivity contribution in [2.45, 2.75) is 13.0 Å². The van der Waals surface area contributed by atoms with Gasteiger partial charge in [-0.25, -0.2) is 5.48 Å². The molecule has 0 aliphatic rings. The summed E-state index contributed by atoms with van der Waals surface area (Å²) in [5, 5.41) is 16.9. The molecule has 1 amide bonds. The maximum atomic E-state index is 11.3. The average molecular weight is 314 g/mol. The van der Waals surface area contributed by atoms with Crippen molar-refractivity contribution in [3.05, 3.63) is 59.1 Å². The third kappa shape index (κ3) is 3.21. The summed E-state index contributed by atoms with van der Waals surface area (Å²) in [7, 11) is 0. The monoisotopic (exact) mass is 314 g/mol. The Bertz CT molecular complexity index is 767. The summed E-state index contributed by atoms with van der Waals surface area (Å²) in [6, 6.07) is 13.6. The van der Waals surface area contributed by atoms with Crippen LogP contribution in [0, 0.1) is 0 Å². The number of rotatable bonds is 5. The van der Waals surface area contributed by atoms with Crippen LogP contribution in [0.3, 0.4) is 0 Å². The Morgan fingerprint density at radius 2 is 2.05 bits per heavy atom. The lowest BCUT2D eigenvalue weighted by Crippen LogP contribution is -2.16. The smallest absolute Gasteiger partial charge is 0.284 e. The molecule has 0 fully saturated rings. The van der Waals surface area contributed by atoms with Crippen LogP contribution in [-0.4, -0.2) is 26.1 Å². The molecule has 2 heterocycles. The van der Waals surface area contributed by atoms with Crippen LogP contribution in [0.25, 0.3) is 10.6 Å². The number of benzene rings is 1. The molecule has 0 atom stereocenters. The van der Waals surface area contributed by atoms with E-state index in [0.717, 1.165) is 23.5 Å². The molecule has 0 saturated heterocycles. The molecule has 112 valence electrons. The molecule has 0 aliphatic heterocycles. The largest absolute Gasteiger partial charge is 0.288 e. The molecule has 0 saturated carbocycles. The third-order valence-corrected chi connectivity index (χ3v) is 4.30. The number of amides is 1. The zero-order valence-electron chi connectivity index (χ0n) is 11.6. The lowest BCUT2D eigenvalue weighted by atomic mass is 10.1. The summed E-state index contributed by atoms with van der Waals surface area (Å²) >= 11 is 1.26. The first kappa shape index (κ1) is 14.4. The number of hydrogen-bond acceptors (Lipinski definition) is 5. The van der Waals surface area contributed by atoms with E-state index in [1.807, 2.05) is 24.4 Å². The number of hydroxylamine groups is 1. The van der Waals surface area contributed by atoms with Gasteiger partial charge < -0.3 is 0 Å². The number of aryl methyl sites for hydroxylation is 2. The number of aromatic nitrogens is 3. The van der Waals surface area contributed by atoms with Gasteiger partial charge in [0.1, 0.15) is 5.69 Å². The van der Waals surface area contributed by atoms with E-state index in [2.05, 4.69) is 22.4 Å². The van der Waals surface area contributed by atoms with Crippen molar-refractivity contribution in [1.82, 2.24) is 20.5 Å². The molecule has 3 rings (SSSR count). The maximum Gasteiger partial charge on any atom is 0.284 e. The first-order chi connectivity index (χ1) is 10.8. The SMILES string of the molecule is O=C(NO)c1ccc(-c2cn(CCc3ccccc3)nn2)s1. The summed E-state index contributed by atoms with van der Waals surface area (Å²) < 4.78 is 1.79. The van der Waals surface area contributed by atoms with Crippen LogP contribution in [0.2, 0.25) is 0 Å². The van der Waals surface area contributed by atoms with E-state index in [0.29, 0.717) is 4.88 Å². The number of thiophene rings is 1. The second kappa shape index (κ2) is 6.50. The molecule has 1 aromatic carbocycles. The van der Waals surface area contributed by atoms with E-state index in [1.54, 1.807) is 22.3 Å². The van der Waals surface area contributed by atoms with Gasteiger partial charge in [0.2, 0.25) is 0 Å². The van der Waals surface area contributed by atoms with Gasteiger partial charge in [-0.3, -0.25) is 14.7 Å². The van der Waals surface area contributed by atoms with Gasteiger partial charge in [0.05, 0.1) is 16.0 Å². The normalized spacial score (nSPS) is 10.6. The predicted molar refractivity (Wildman–Crippen MR) is 82.7 cm³/mol. The Morgan fingerprint density at radius 1 is 1.23 bits per heavy atom. The van der Waals surface area contributed by atoms with E-state index in [-0.39, 0.29) is 0 Å². The van der Waals surface area contributed by atoms with Crippen LogP contribution >= 0.6 is 11.3 Å². The van der Waals surface area contributed by atoms with Gasteiger partial charge >= 0.3 is 0 Å². The lowest BCUT2D eigenvalue weighted by molar-refractivity contribution is 0.0711. The third-order valence-electron chi connectivity index (χ3n) is 3.19. The Morgan fingerprint density at radius 3 is 2.82 bits per heavy atom. The van der Waals surface area contributed by atoms with Crippen molar-refractivity contribution in [3.8, 4) is 10.6 Å². The van der Waals surface area contributed by atoms with Crippen molar-refractivity contribution in [1.29, 1.82) is 0 Å². The first-order valence-electron chi connectivity index (χ1n) is 6.75. The molecule has 0 bridgehead atoms. The summed E-state index contributed by atoms with van der Waals surface area (Å²) in [5.74, 6) is -0.521. The van der Waals surface area contributed by atoms with Crippen molar-refractivity contribution in [2.75, 3.05) is 0 Å². The Hall–Kier alpha value is -2.51. The van der Waals surface area contributed by atoms with Gasteiger partial charge in [-0.05, 0) is 24.1 Å². The molecule has 3 aromatic rings. The Labute approximate surface area is 131 Å². The Kier molecular flexibility index (Phi) is 4.27. The van der Waals surface area contributed by atoms with Crippen LogP contribution in [0.4, 0.5) is 0 Å². The number of nitrogens with zero attached hydrogens (tertiary/aromatic N) is 3. The van der Waals surface area contributed by atoms with E-state index in [4.69, 9.17) is 5.21 Å². The van der Waals surface area contributed by atoms with Crippen molar-refractivity contribution in [2.24, 2.45) is 0 Å². The fourth-order valence-electron chi connectivity index (χ4n) is 2.06. The van der Waals surface area contributed by atoms with Gasteiger partial charge in [-0.1, -0.05) is 35.5 Å². The summed E-state index contributed by atoms with van der Waals surface area (Å²) in [6.07, 6.45) is 2.74. The highest BCUT2D eigenvalue weighted by molar-refractivity contribution is 7.17. The minimum atomic E-state index is -0.521. The standard InChI is InChI=1S/C15H14N4O2S/c20-15(17-21)14-7-6-13(22-14)12-10-19(18-16-12)9-8-11-4-2-1-3-5-11/h1-7,10,21H,8-9H2,(H,17,20). The molecule has 0 spiro atoms. The molecule has 0 unspecified atom stereocenters.